The molecule has 0 N–H and O–H groups in total. The Hall–Kier alpha value is -2.07. The molecule has 1 aromatic rings. The van der Waals surface area contributed by atoms with Gasteiger partial charge in [0.1, 0.15) is 17.8 Å². The van der Waals surface area contributed by atoms with Gasteiger partial charge in [0, 0.05) is 0 Å². The maximum absolute atomic E-state index is 8.80. The average molecular weight is 185 g/mol. The SMILES string of the molecule is N#Cc1cc(C#N)c(OC2CC2)cn1. The third kappa shape index (κ3) is 1.65. The Morgan fingerprint density at radius 1 is 1.36 bits per heavy atom. The quantitative estimate of drug-likeness (QED) is 0.697. The smallest absolute Gasteiger partial charge is 0.155 e. The Morgan fingerprint density at radius 3 is 2.71 bits per heavy atom. The van der Waals surface area contributed by atoms with Crippen LogP contribution in [-0.4, -0.2) is 11.1 Å². The first-order valence-electron chi connectivity index (χ1n) is 4.30. The maximum Gasteiger partial charge on any atom is 0.155 e. The van der Waals surface area contributed by atoms with Crippen molar-refractivity contribution >= 4 is 0 Å². The van der Waals surface area contributed by atoms with E-state index in [2.05, 4.69) is 4.98 Å². The van der Waals surface area contributed by atoms with Gasteiger partial charge in [-0.05, 0) is 18.9 Å². The van der Waals surface area contributed by atoms with Crippen LogP contribution in [0.3, 0.4) is 0 Å². The topological polar surface area (TPSA) is 69.7 Å². The van der Waals surface area contributed by atoms with Crippen molar-refractivity contribution in [2.75, 3.05) is 0 Å². The summed E-state index contributed by atoms with van der Waals surface area (Å²) in [5, 5.41) is 17.4. The van der Waals surface area contributed by atoms with Crippen molar-refractivity contribution in [3.63, 3.8) is 0 Å². The summed E-state index contributed by atoms with van der Waals surface area (Å²) in [6, 6.07) is 5.31. The highest BCUT2D eigenvalue weighted by Crippen LogP contribution is 2.28. The Kier molecular flexibility index (Phi) is 2.04. The number of ether oxygens (including phenoxy) is 1. The third-order valence-corrected chi connectivity index (χ3v) is 1.92. The summed E-state index contributed by atoms with van der Waals surface area (Å²) in [6.45, 7) is 0. The van der Waals surface area contributed by atoms with Crippen molar-refractivity contribution in [1.82, 2.24) is 4.98 Å². The first kappa shape index (κ1) is 8.52. The molecule has 0 aromatic carbocycles. The van der Waals surface area contributed by atoms with E-state index < -0.39 is 0 Å². The number of hydrogen-bond acceptors (Lipinski definition) is 4. The number of pyridine rings is 1. The van der Waals surface area contributed by atoms with Crippen LogP contribution in [0.25, 0.3) is 0 Å². The molecular weight excluding hydrogens is 178 g/mol. The molecule has 2 rings (SSSR count). The highest BCUT2D eigenvalue weighted by molar-refractivity contribution is 5.44. The monoisotopic (exact) mass is 185 g/mol. The zero-order valence-electron chi connectivity index (χ0n) is 7.40. The van der Waals surface area contributed by atoms with Crippen LogP contribution in [0.15, 0.2) is 12.3 Å². The molecule has 0 amide bonds. The van der Waals surface area contributed by atoms with Crippen molar-refractivity contribution < 1.29 is 4.74 Å². The third-order valence-electron chi connectivity index (χ3n) is 1.92. The van der Waals surface area contributed by atoms with Crippen LogP contribution in [0.1, 0.15) is 24.1 Å². The molecule has 14 heavy (non-hydrogen) atoms. The van der Waals surface area contributed by atoms with Gasteiger partial charge in [-0.15, -0.1) is 0 Å². The lowest BCUT2D eigenvalue weighted by atomic mass is 10.2. The predicted molar refractivity (Wildman–Crippen MR) is 47.3 cm³/mol. The lowest BCUT2D eigenvalue weighted by Gasteiger charge is -2.04. The fourth-order valence-electron chi connectivity index (χ4n) is 1.05. The largest absolute Gasteiger partial charge is 0.487 e. The molecule has 1 aromatic heterocycles. The molecule has 1 aliphatic rings. The molecule has 0 radical (unpaired) electrons. The molecule has 1 heterocycles. The Balaban J connectivity index is 2.31. The summed E-state index contributed by atoms with van der Waals surface area (Å²) >= 11 is 0. The summed E-state index contributed by atoms with van der Waals surface area (Å²) in [7, 11) is 0. The highest BCUT2D eigenvalue weighted by atomic mass is 16.5. The zero-order valence-corrected chi connectivity index (χ0v) is 7.40. The van der Waals surface area contributed by atoms with Gasteiger partial charge < -0.3 is 4.74 Å². The summed E-state index contributed by atoms with van der Waals surface area (Å²) < 4.78 is 5.45. The lowest BCUT2D eigenvalue weighted by Crippen LogP contribution is -1.99. The minimum Gasteiger partial charge on any atom is -0.487 e. The summed E-state index contributed by atoms with van der Waals surface area (Å²) in [5.74, 6) is 0.481. The van der Waals surface area contributed by atoms with Gasteiger partial charge in [-0.3, -0.25) is 0 Å². The van der Waals surface area contributed by atoms with Gasteiger partial charge in [-0.1, -0.05) is 0 Å². The Labute approximate surface area is 81.4 Å². The van der Waals surface area contributed by atoms with Crippen LogP contribution in [0, 0.1) is 22.7 Å². The summed E-state index contributed by atoms with van der Waals surface area (Å²) in [5.41, 5.74) is 0.619. The number of aromatic nitrogens is 1. The van der Waals surface area contributed by atoms with E-state index >= 15 is 0 Å². The molecule has 1 fully saturated rings. The van der Waals surface area contributed by atoms with Crippen LogP contribution < -0.4 is 4.74 Å². The first-order chi connectivity index (χ1) is 6.83. The van der Waals surface area contributed by atoms with Gasteiger partial charge in [0.25, 0.3) is 0 Å². The van der Waals surface area contributed by atoms with Crippen molar-refractivity contribution in [3.05, 3.63) is 23.5 Å². The minimum absolute atomic E-state index is 0.233. The second-order valence-electron chi connectivity index (χ2n) is 3.11. The second-order valence-corrected chi connectivity index (χ2v) is 3.11. The molecule has 0 saturated heterocycles. The van der Waals surface area contributed by atoms with E-state index in [1.54, 1.807) is 0 Å². The zero-order chi connectivity index (χ0) is 9.97. The fraction of sp³-hybridized carbons (Fsp3) is 0.300. The van der Waals surface area contributed by atoms with Crippen LogP contribution in [0.4, 0.5) is 0 Å². The number of hydrogen-bond donors (Lipinski definition) is 0. The van der Waals surface area contributed by atoms with Gasteiger partial charge in [-0.25, -0.2) is 4.98 Å². The van der Waals surface area contributed by atoms with Gasteiger partial charge in [0.2, 0.25) is 0 Å². The van der Waals surface area contributed by atoms with Crippen molar-refractivity contribution in [3.8, 4) is 17.9 Å². The first-order valence-corrected chi connectivity index (χ1v) is 4.30. The van der Waals surface area contributed by atoms with Crippen molar-refractivity contribution in [2.45, 2.75) is 18.9 Å². The lowest BCUT2D eigenvalue weighted by molar-refractivity contribution is 0.301. The van der Waals surface area contributed by atoms with E-state index in [4.69, 9.17) is 15.3 Å². The number of rotatable bonds is 2. The standard InChI is InChI=1S/C10H7N3O/c11-4-7-3-8(5-12)13-6-10(7)14-9-1-2-9/h3,6,9H,1-2H2. The molecule has 1 aliphatic carbocycles. The highest BCUT2D eigenvalue weighted by Gasteiger charge is 2.24. The average Bonchev–Trinajstić information content (AvgIpc) is 3.02. The van der Waals surface area contributed by atoms with Crippen LogP contribution in [-0.2, 0) is 0 Å². The summed E-state index contributed by atoms with van der Waals surface area (Å²) in [4.78, 5) is 3.85. The van der Waals surface area contributed by atoms with Crippen LogP contribution >= 0.6 is 0 Å². The van der Waals surface area contributed by atoms with E-state index in [9.17, 15) is 0 Å². The van der Waals surface area contributed by atoms with E-state index in [1.807, 2.05) is 12.1 Å². The minimum atomic E-state index is 0.233. The van der Waals surface area contributed by atoms with Gasteiger partial charge in [0.15, 0.2) is 5.75 Å². The predicted octanol–water partition coefficient (Wildman–Crippen LogP) is 1.37. The molecule has 0 unspecified atom stereocenters. The van der Waals surface area contributed by atoms with E-state index in [0.29, 0.717) is 11.3 Å². The second kappa shape index (κ2) is 3.35. The molecule has 0 spiro atoms. The molecule has 0 aliphatic heterocycles. The van der Waals surface area contributed by atoms with Gasteiger partial charge >= 0.3 is 0 Å². The van der Waals surface area contributed by atoms with E-state index in [1.165, 1.54) is 12.3 Å². The van der Waals surface area contributed by atoms with Crippen LogP contribution in [0.2, 0.25) is 0 Å². The van der Waals surface area contributed by atoms with Crippen molar-refractivity contribution in [1.29, 1.82) is 10.5 Å². The molecule has 0 bridgehead atoms. The molecule has 0 atom stereocenters. The number of nitrogens with zero attached hydrogens (tertiary/aromatic N) is 3. The molecule has 1 saturated carbocycles. The summed E-state index contributed by atoms with van der Waals surface area (Å²) in [6.07, 6.45) is 3.74. The van der Waals surface area contributed by atoms with E-state index in [-0.39, 0.29) is 11.8 Å². The molecular formula is C10H7N3O. The van der Waals surface area contributed by atoms with E-state index in [0.717, 1.165) is 12.8 Å². The fourth-order valence-corrected chi connectivity index (χ4v) is 1.05. The Bertz CT molecular complexity index is 438. The normalized spacial score (nSPS) is 14.1. The molecule has 4 nitrogen and oxygen atoms in total. The van der Waals surface area contributed by atoms with Gasteiger partial charge in [-0.2, -0.15) is 10.5 Å². The molecule has 4 heteroatoms. The van der Waals surface area contributed by atoms with Crippen LogP contribution in [0.5, 0.6) is 5.75 Å². The maximum atomic E-state index is 8.80. The Morgan fingerprint density at radius 2 is 2.14 bits per heavy atom. The van der Waals surface area contributed by atoms with Crippen molar-refractivity contribution in [2.24, 2.45) is 0 Å². The number of nitriles is 2. The molecule has 68 valence electrons. The van der Waals surface area contributed by atoms with Gasteiger partial charge in [0.05, 0.1) is 17.9 Å².